The lowest BCUT2D eigenvalue weighted by atomic mass is 10.2. The van der Waals surface area contributed by atoms with Gasteiger partial charge in [-0.15, -0.1) is 0 Å². The Morgan fingerprint density at radius 1 is 1.50 bits per heavy atom. The summed E-state index contributed by atoms with van der Waals surface area (Å²) in [5, 5.41) is 13.5. The highest BCUT2D eigenvalue weighted by Crippen LogP contribution is 2.18. The SMILES string of the molecule is CNCCCN(C)Cc1ccc([N+](=O)[O-])c(F)c1. The molecule has 0 fully saturated rings. The molecule has 5 nitrogen and oxygen atoms in total. The van der Waals surface area contributed by atoms with E-state index in [1.165, 1.54) is 12.1 Å². The Kier molecular flexibility index (Phi) is 5.67. The van der Waals surface area contributed by atoms with E-state index in [4.69, 9.17) is 0 Å². The summed E-state index contributed by atoms with van der Waals surface area (Å²) in [5.74, 6) is -0.777. The number of nitro benzene ring substituents is 1. The summed E-state index contributed by atoms with van der Waals surface area (Å²) in [6.45, 7) is 2.40. The van der Waals surface area contributed by atoms with E-state index in [1.807, 2.05) is 14.1 Å². The van der Waals surface area contributed by atoms with E-state index >= 15 is 0 Å². The van der Waals surface area contributed by atoms with Crippen molar-refractivity contribution in [2.45, 2.75) is 13.0 Å². The zero-order valence-electron chi connectivity index (χ0n) is 10.6. The van der Waals surface area contributed by atoms with Crippen LogP contribution in [0.4, 0.5) is 10.1 Å². The molecular weight excluding hydrogens is 237 g/mol. The van der Waals surface area contributed by atoms with E-state index < -0.39 is 16.4 Å². The van der Waals surface area contributed by atoms with E-state index in [1.54, 1.807) is 6.07 Å². The molecule has 0 heterocycles. The molecule has 0 amide bonds. The van der Waals surface area contributed by atoms with Crippen LogP contribution in [0, 0.1) is 15.9 Å². The molecular formula is C12H18FN3O2. The van der Waals surface area contributed by atoms with Gasteiger partial charge in [-0.1, -0.05) is 6.07 Å². The maximum absolute atomic E-state index is 13.4. The largest absolute Gasteiger partial charge is 0.320 e. The van der Waals surface area contributed by atoms with Crippen molar-refractivity contribution in [3.05, 3.63) is 39.7 Å². The van der Waals surface area contributed by atoms with Crippen LogP contribution in [-0.4, -0.2) is 37.0 Å². The van der Waals surface area contributed by atoms with Crippen LogP contribution < -0.4 is 5.32 Å². The third kappa shape index (κ3) is 4.38. The predicted molar refractivity (Wildman–Crippen MR) is 67.9 cm³/mol. The highest BCUT2D eigenvalue weighted by atomic mass is 19.1. The second-order valence-corrected chi connectivity index (χ2v) is 4.24. The van der Waals surface area contributed by atoms with Crippen molar-refractivity contribution in [2.24, 2.45) is 0 Å². The Balaban J connectivity index is 2.57. The van der Waals surface area contributed by atoms with Crippen LogP contribution in [0.3, 0.4) is 0 Å². The minimum absolute atomic E-state index is 0.475. The van der Waals surface area contributed by atoms with Crippen LogP contribution in [0.15, 0.2) is 18.2 Å². The minimum Gasteiger partial charge on any atom is -0.320 e. The van der Waals surface area contributed by atoms with Gasteiger partial charge in [-0.3, -0.25) is 10.1 Å². The average Bonchev–Trinajstić information content (AvgIpc) is 2.28. The molecule has 0 bridgehead atoms. The molecule has 0 aliphatic carbocycles. The lowest BCUT2D eigenvalue weighted by molar-refractivity contribution is -0.387. The van der Waals surface area contributed by atoms with Gasteiger partial charge in [0.2, 0.25) is 5.82 Å². The Labute approximate surface area is 106 Å². The number of hydrogen-bond acceptors (Lipinski definition) is 4. The van der Waals surface area contributed by atoms with Crippen LogP contribution in [0.25, 0.3) is 0 Å². The molecule has 0 aromatic heterocycles. The quantitative estimate of drug-likeness (QED) is 0.458. The second-order valence-electron chi connectivity index (χ2n) is 4.24. The van der Waals surface area contributed by atoms with E-state index in [-0.39, 0.29) is 0 Å². The molecule has 0 spiro atoms. The first-order chi connectivity index (χ1) is 8.54. The minimum atomic E-state index is -0.777. The standard InChI is InChI=1S/C12H18FN3O2/c1-14-6-3-7-15(2)9-10-4-5-12(16(17)18)11(13)8-10/h4-5,8,14H,3,6-7,9H2,1-2H3. The van der Waals surface area contributed by atoms with Gasteiger partial charge < -0.3 is 10.2 Å². The lowest BCUT2D eigenvalue weighted by Gasteiger charge is -2.16. The molecule has 0 saturated heterocycles. The predicted octanol–water partition coefficient (Wildman–Crippen LogP) is 1.78. The van der Waals surface area contributed by atoms with Gasteiger partial charge in [0.25, 0.3) is 0 Å². The van der Waals surface area contributed by atoms with Crippen molar-refractivity contribution in [3.63, 3.8) is 0 Å². The van der Waals surface area contributed by atoms with Crippen molar-refractivity contribution < 1.29 is 9.31 Å². The molecule has 1 aromatic carbocycles. The Morgan fingerprint density at radius 3 is 2.78 bits per heavy atom. The molecule has 0 aliphatic heterocycles. The first-order valence-electron chi connectivity index (χ1n) is 5.80. The number of rotatable bonds is 7. The van der Waals surface area contributed by atoms with Gasteiger partial charge in [0.1, 0.15) is 0 Å². The summed E-state index contributed by atoms with van der Waals surface area (Å²) in [6, 6.07) is 4.04. The van der Waals surface area contributed by atoms with Crippen LogP contribution in [0.2, 0.25) is 0 Å². The van der Waals surface area contributed by atoms with Crippen molar-refractivity contribution >= 4 is 5.69 Å². The summed E-state index contributed by atoms with van der Waals surface area (Å²) in [7, 11) is 3.83. The first kappa shape index (κ1) is 14.5. The monoisotopic (exact) mass is 255 g/mol. The molecule has 1 rings (SSSR count). The summed E-state index contributed by atoms with van der Waals surface area (Å²) >= 11 is 0. The number of nitrogens with zero attached hydrogens (tertiary/aromatic N) is 2. The fourth-order valence-electron chi connectivity index (χ4n) is 1.71. The molecule has 1 aromatic rings. The molecule has 18 heavy (non-hydrogen) atoms. The highest BCUT2D eigenvalue weighted by molar-refractivity contribution is 5.34. The van der Waals surface area contributed by atoms with E-state index in [0.717, 1.165) is 25.1 Å². The number of hydrogen-bond donors (Lipinski definition) is 1. The molecule has 0 radical (unpaired) electrons. The van der Waals surface area contributed by atoms with Gasteiger partial charge >= 0.3 is 5.69 Å². The highest BCUT2D eigenvalue weighted by Gasteiger charge is 2.14. The Hall–Kier alpha value is -1.53. The van der Waals surface area contributed by atoms with Gasteiger partial charge in [-0.25, -0.2) is 0 Å². The van der Waals surface area contributed by atoms with E-state index in [0.29, 0.717) is 6.54 Å². The summed E-state index contributed by atoms with van der Waals surface area (Å²) < 4.78 is 13.4. The van der Waals surface area contributed by atoms with E-state index in [2.05, 4.69) is 10.2 Å². The van der Waals surface area contributed by atoms with Gasteiger partial charge in [0, 0.05) is 12.6 Å². The normalized spacial score (nSPS) is 10.9. The summed E-state index contributed by atoms with van der Waals surface area (Å²) in [6.07, 6.45) is 1.00. The topological polar surface area (TPSA) is 58.4 Å². The van der Waals surface area contributed by atoms with Crippen LogP contribution in [0.1, 0.15) is 12.0 Å². The number of benzene rings is 1. The van der Waals surface area contributed by atoms with Crippen molar-refractivity contribution in [2.75, 3.05) is 27.2 Å². The Morgan fingerprint density at radius 2 is 2.22 bits per heavy atom. The zero-order valence-corrected chi connectivity index (χ0v) is 10.6. The van der Waals surface area contributed by atoms with Crippen LogP contribution in [0.5, 0.6) is 0 Å². The smallest absolute Gasteiger partial charge is 0.304 e. The number of nitro groups is 1. The average molecular weight is 255 g/mol. The summed E-state index contributed by atoms with van der Waals surface area (Å²) in [4.78, 5) is 11.8. The third-order valence-corrected chi connectivity index (χ3v) is 2.63. The maximum atomic E-state index is 13.4. The molecule has 100 valence electrons. The molecule has 1 N–H and O–H groups in total. The fraction of sp³-hybridized carbons (Fsp3) is 0.500. The maximum Gasteiger partial charge on any atom is 0.304 e. The molecule has 0 saturated carbocycles. The first-order valence-corrected chi connectivity index (χ1v) is 5.80. The van der Waals surface area contributed by atoms with Crippen molar-refractivity contribution in [3.8, 4) is 0 Å². The van der Waals surface area contributed by atoms with Crippen LogP contribution in [-0.2, 0) is 6.54 Å². The third-order valence-electron chi connectivity index (χ3n) is 2.63. The zero-order chi connectivity index (χ0) is 13.5. The van der Waals surface area contributed by atoms with Crippen LogP contribution >= 0.6 is 0 Å². The molecule has 0 unspecified atom stereocenters. The summed E-state index contributed by atoms with van der Waals surface area (Å²) in [5.41, 5.74) is 0.265. The van der Waals surface area contributed by atoms with Gasteiger partial charge in [0.05, 0.1) is 4.92 Å². The lowest BCUT2D eigenvalue weighted by Crippen LogP contribution is -2.22. The van der Waals surface area contributed by atoms with Crippen molar-refractivity contribution in [1.29, 1.82) is 0 Å². The second kappa shape index (κ2) is 7.03. The van der Waals surface area contributed by atoms with E-state index in [9.17, 15) is 14.5 Å². The molecule has 0 atom stereocenters. The molecule has 0 aliphatic rings. The van der Waals surface area contributed by atoms with Crippen molar-refractivity contribution in [1.82, 2.24) is 10.2 Å². The molecule has 6 heteroatoms. The van der Waals surface area contributed by atoms with Gasteiger partial charge in [0.15, 0.2) is 0 Å². The number of nitrogens with one attached hydrogen (secondary N) is 1. The Bertz CT molecular complexity index is 412. The number of halogens is 1. The van der Waals surface area contributed by atoms with Gasteiger partial charge in [-0.05, 0) is 45.2 Å². The van der Waals surface area contributed by atoms with Gasteiger partial charge in [-0.2, -0.15) is 4.39 Å². The fourth-order valence-corrected chi connectivity index (χ4v) is 1.71.